The third-order valence-electron chi connectivity index (χ3n) is 3.63. The largest absolute Gasteiger partial charge is 0.310 e. The fraction of sp³-hybridized carbons (Fsp3) is 0.667. The standard InChI is InChI=1S/C18H30FN/c1-7-20-17(10-13(2)12-18(4,5)6)15-8-9-16(19)14(3)11-15/h8-9,11,13,17,20H,7,10,12H2,1-6H3. The Morgan fingerprint density at radius 1 is 1.25 bits per heavy atom. The van der Waals surface area contributed by atoms with Gasteiger partial charge in [0.05, 0.1) is 0 Å². The van der Waals surface area contributed by atoms with E-state index < -0.39 is 0 Å². The zero-order chi connectivity index (χ0) is 15.3. The smallest absolute Gasteiger partial charge is 0.126 e. The van der Waals surface area contributed by atoms with E-state index in [4.69, 9.17) is 0 Å². The Bertz CT molecular complexity index is 420. The second kappa shape index (κ2) is 7.21. The zero-order valence-corrected chi connectivity index (χ0v) is 13.9. The molecule has 0 amide bonds. The van der Waals surface area contributed by atoms with E-state index in [0.717, 1.165) is 18.5 Å². The summed E-state index contributed by atoms with van der Waals surface area (Å²) in [5.74, 6) is 0.524. The quantitative estimate of drug-likeness (QED) is 0.750. The molecule has 0 radical (unpaired) electrons. The predicted molar refractivity (Wildman–Crippen MR) is 85.4 cm³/mol. The van der Waals surface area contributed by atoms with E-state index in [1.807, 2.05) is 19.1 Å². The first-order valence-electron chi connectivity index (χ1n) is 7.72. The van der Waals surface area contributed by atoms with Crippen LogP contribution in [0.1, 0.15) is 64.6 Å². The van der Waals surface area contributed by atoms with E-state index in [1.165, 1.54) is 12.0 Å². The molecule has 20 heavy (non-hydrogen) atoms. The summed E-state index contributed by atoms with van der Waals surface area (Å²) in [6, 6.07) is 5.80. The van der Waals surface area contributed by atoms with Crippen molar-refractivity contribution < 1.29 is 4.39 Å². The Morgan fingerprint density at radius 3 is 2.40 bits per heavy atom. The summed E-state index contributed by atoms with van der Waals surface area (Å²) in [7, 11) is 0. The van der Waals surface area contributed by atoms with Crippen LogP contribution in [-0.4, -0.2) is 6.54 Å². The van der Waals surface area contributed by atoms with Crippen molar-refractivity contribution in [2.45, 2.75) is 60.4 Å². The molecule has 0 aliphatic heterocycles. The highest BCUT2D eigenvalue weighted by Gasteiger charge is 2.20. The van der Waals surface area contributed by atoms with Gasteiger partial charge in [0.15, 0.2) is 0 Å². The topological polar surface area (TPSA) is 12.0 Å². The molecule has 2 heteroatoms. The van der Waals surface area contributed by atoms with Gasteiger partial charge in [-0.15, -0.1) is 0 Å². The highest BCUT2D eigenvalue weighted by molar-refractivity contribution is 5.26. The third-order valence-corrected chi connectivity index (χ3v) is 3.63. The van der Waals surface area contributed by atoms with Crippen LogP contribution in [-0.2, 0) is 0 Å². The number of benzene rings is 1. The highest BCUT2D eigenvalue weighted by Crippen LogP contribution is 2.31. The van der Waals surface area contributed by atoms with Crippen molar-refractivity contribution in [1.82, 2.24) is 5.32 Å². The summed E-state index contributed by atoms with van der Waals surface area (Å²) in [6.07, 6.45) is 2.30. The summed E-state index contributed by atoms with van der Waals surface area (Å²) in [5.41, 5.74) is 2.29. The predicted octanol–water partition coefficient (Wildman–Crippen LogP) is 5.25. The van der Waals surface area contributed by atoms with E-state index >= 15 is 0 Å². The molecule has 0 spiro atoms. The Labute approximate surface area is 124 Å². The average molecular weight is 279 g/mol. The Balaban J connectivity index is 2.80. The second-order valence-electron chi connectivity index (χ2n) is 7.22. The van der Waals surface area contributed by atoms with Gasteiger partial charge in [-0.2, -0.15) is 0 Å². The lowest BCUT2D eigenvalue weighted by molar-refractivity contribution is 0.276. The van der Waals surface area contributed by atoms with Crippen molar-refractivity contribution in [1.29, 1.82) is 0 Å². The van der Waals surface area contributed by atoms with Gasteiger partial charge in [-0.3, -0.25) is 0 Å². The molecule has 2 atom stereocenters. The number of aryl methyl sites for hydroxylation is 1. The van der Waals surface area contributed by atoms with E-state index in [-0.39, 0.29) is 5.82 Å². The Kier molecular flexibility index (Phi) is 6.19. The lowest BCUT2D eigenvalue weighted by atomic mass is 9.82. The maximum Gasteiger partial charge on any atom is 0.126 e. The molecule has 1 rings (SSSR count). The molecular weight excluding hydrogens is 249 g/mol. The number of nitrogens with one attached hydrogen (secondary N) is 1. The minimum Gasteiger partial charge on any atom is -0.310 e. The molecule has 1 aromatic carbocycles. The Morgan fingerprint density at radius 2 is 1.90 bits per heavy atom. The summed E-state index contributed by atoms with van der Waals surface area (Å²) >= 11 is 0. The van der Waals surface area contributed by atoms with Crippen molar-refractivity contribution in [2.75, 3.05) is 6.54 Å². The molecule has 0 aromatic heterocycles. The van der Waals surface area contributed by atoms with Crippen molar-refractivity contribution in [2.24, 2.45) is 11.3 Å². The van der Waals surface area contributed by atoms with Gasteiger partial charge in [0, 0.05) is 6.04 Å². The molecular formula is C18H30FN. The molecule has 0 fully saturated rings. The van der Waals surface area contributed by atoms with Crippen LogP contribution in [0.3, 0.4) is 0 Å². The SMILES string of the molecule is CCNC(CC(C)CC(C)(C)C)c1ccc(F)c(C)c1. The molecule has 1 N–H and O–H groups in total. The molecule has 0 aliphatic carbocycles. The molecule has 0 saturated carbocycles. The highest BCUT2D eigenvalue weighted by atomic mass is 19.1. The first-order valence-corrected chi connectivity index (χ1v) is 7.72. The molecule has 0 bridgehead atoms. The fourth-order valence-corrected chi connectivity index (χ4v) is 3.00. The fourth-order valence-electron chi connectivity index (χ4n) is 3.00. The van der Waals surface area contributed by atoms with Gasteiger partial charge in [-0.05, 0) is 54.8 Å². The minimum atomic E-state index is -0.119. The maximum absolute atomic E-state index is 13.4. The molecule has 1 nitrogen and oxygen atoms in total. The van der Waals surface area contributed by atoms with Gasteiger partial charge in [0.2, 0.25) is 0 Å². The molecule has 1 aromatic rings. The number of halogens is 1. The lowest BCUT2D eigenvalue weighted by Crippen LogP contribution is -2.24. The summed E-state index contributed by atoms with van der Waals surface area (Å²) in [6.45, 7) is 14.1. The van der Waals surface area contributed by atoms with Crippen LogP contribution in [0.25, 0.3) is 0 Å². The Hall–Kier alpha value is -0.890. The second-order valence-corrected chi connectivity index (χ2v) is 7.22. The lowest BCUT2D eigenvalue weighted by Gasteiger charge is -2.27. The normalized spacial score (nSPS) is 15.2. The zero-order valence-electron chi connectivity index (χ0n) is 13.9. The van der Waals surface area contributed by atoms with Crippen LogP contribution in [0.15, 0.2) is 18.2 Å². The summed E-state index contributed by atoms with van der Waals surface area (Å²) < 4.78 is 13.4. The van der Waals surface area contributed by atoms with Gasteiger partial charge < -0.3 is 5.32 Å². The van der Waals surface area contributed by atoms with Crippen molar-refractivity contribution in [3.05, 3.63) is 35.1 Å². The molecule has 0 heterocycles. The first-order chi connectivity index (χ1) is 9.23. The van der Waals surface area contributed by atoms with Crippen molar-refractivity contribution in [3.63, 3.8) is 0 Å². The van der Waals surface area contributed by atoms with E-state index in [1.54, 1.807) is 6.07 Å². The van der Waals surface area contributed by atoms with Crippen LogP contribution < -0.4 is 5.32 Å². The van der Waals surface area contributed by atoms with Gasteiger partial charge in [-0.25, -0.2) is 4.39 Å². The first kappa shape index (κ1) is 17.2. The molecule has 114 valence electrons. The van der Waals surface area contributed by atoms with E-state index in [9.17, 15) is 4.39 Å². The van der Waals surface area contributed by atoms with Crippen molar-refractivity contribution in [3.8, 4) is 0 Å². The van der Waals surface area contributed by atoms with Crippen molar-refractivity contribution >= 4 is 0 Å². The van der Waals surface area contributed by atoms with Gasteiger partial charge in [-0.1, -0.05) is 46.8 Å². The van der Waals surface area contributed by atoms with Crippen LogP contribution in [0.2, 0.25) is 0 Å². The maximum atomic E-state index is 13.4. The molecule has 2 unspecified atom stereocenters. The van der Waals surface area contributed by atoms with E-state index in [2.05, 4.69) is 39.9 Å². The molecule has 0 saturated heterocycles. The monoisotopic (exact) mass is 279 g/mol. The number of hydrogen-bond donors (Lipinski definition) is 1. The van der Waals surface area contributed by atoms with Gasteiger partial charge in [0.25, 0.3) is 0 Å². The van der Waals surface area contributed by atoms with Crippen LogP contribution >= 0.6 is 0 Å². The average Bonchev–Trinajstić information content (AvgIpc) is 2.30. The summed E-state index contributed by atoms with van der Waals surface area (Å²) in [5, 5.41) is 3.54. The van der Waals surface area contributed by atoms with Crippen LogP contribution in [0.5, 0.6) is 0 Å². The number of hydrogen-bond acceptors (Lipinski definition) is 1. The molecule has 0 aliphatic rings. The van der Waals surface area contributed by atoms with Crippen LogP contribution in [0.4, 0.5) is 4.39 Å². The minimum absolute atomic E-state index is 0.119. The van der Waals surface area contributed by atoms with Gasteiger partial charge in [0.1, 0.15) is 5.82 Å². The summed E-state index contributed by atoms with van der Waals surface area (Å²) in [4.78, 5) is 0. The third kappa shape index (κ3) is 5.62. The number of rotatable bonds is 6. The van der Waals surface area contributed by atoms with E-state index in [0.29, 0.717) is 17.4 Å². The van der Waals surface area contributed by atoms with Crippen LogP contribution in [0, 0.1) is 24.1 Å². The van der Waals surface area contributed by atoms with Gasteiger partial charge >= 0.3 is 0 Å².